The van der Waals surface area contributed by atoms with E-state index >= 15 is 0 Å². The van der Waals surface area contributed by atoms with Crippen LogP contribution >= 0.6 is 0 Å². The Hall–Kier alpha value is -1.22. The predicted octanol–water partition coefficient (Wildman–Crippen LogP) is 1.55. The summed E-state index contributed by atoms with van der Waals surface area (Å²) < 4.78 is 0. The van der Waals surface area contributed by atoms with E-state index in [0.717, 1.165) is 12.0 Å². The van der Waals surface area contributed by atoms with E-state index in [2.05, 4.69) is 0 Å². The van der Waals surface area contributed by atoms with Crippen LogP contribution in [0.3, 0.4) is 0 Å². The fourth-order valence-electron chi connectivity index (χ4n) is 1.35. The van der Waals surface area contributed by atoms with Gasteiger partial charge < -0.3 is 15.9 Å². The number of benzene rings is 1. The van der Waals surface area contributed by atoms with Crippen molar-refractivity contribution in [1.82, 2.24) is 0 Å². The molecule has 72 valence electrons. The Kier molecular flexibility index (Phi) is 3.14. The third-order valence-electron chi connectivity index (χ3n) is 2.14. The summed E-state index contributed by atoms with van der Waals surface area (Å²) in [6.45, 7) is 2.60. The number of hydrogen-bond donors (Lipinski definition) is 3. The third-order valence-corrected chi connectivity index (χ3v) is 2.14. The molecule has 0 aliphatic rings. The van der Waals surface area contributed by atoms with E-state index in [9.17, 15) is 5.11 Å². The molecule has 0 radical (unpaired) electrons. The Labute approximate surface area is 77.8 Å². The van der Waals surface area contributed by atoms with Crippen LogP contribution in [0.1, 0.15) is 24.8 Å². The molecular formula is C10H15NO2. The second-order valence-corrected chi connectivity index (χ2v) is 3.22. The molecule has 0 aliphatic carbocycles. The average Bonchev–Trinajstić information content (AvgIpc) is 2.04. The summed E-state index contributed by atoms with van der Waals surface area (Å²) in [5, 5.41) is 18.6. The molecule has 0 heterocycles. The number of nitrogens with two attached hydrogens (primary N) is 1. The minimum absolute atomic E-state index is 0.0844. The molecule has 3 nitrogen and oxygen atoms in total. The molecular weight excluding hydrogens is 166 g/mol. The second-order valence-electron chi connectivity index (χ2n) is 3.22. The summed E-state index contributed by atoms with van der Waals surface area (Å²) >= 11 is 0. The summed E-state index contributed by atoms with van der Waals surface area (Å²) in [7, 11) is 0. The molecule has 0 amide bonds. The highest BCUT2D eigenvalue weighted by atomic mass is 16.3. The van der Waals surface area contributed by atoms with E-state index in [4.69, 9.17) is 10.8 Å². The fourth-order valence-corrected chi connectivity index (χ4v) is 1.35. The highest BCUT2D eigenvalue weighted by Crippen LogP contribution is 2.30. The van der Waals surface area contributed by atoms with Gasteiger partial charge in [0.05, 0.1) is 0 Å². The van der Waals surface area contributed by atoms with E-state index in [1.807, 2.05) is 6.92 Å². The van der Waals surface area contributed by atoms with Crippen LogP contribution in [0.5, 0.6) is 11.5 Å². The highest BCUT2D eigenvalue weighted by Gasteiger charge is 2.09. The summed E-state index contributed by atoms with van der Waals surface area (Å²) in [5.41, 5.74) is 6.25. The van der Waals surface area contributed by atoms with Crippen LogP contribution in [0.2, 0.25) is 0 Å². The van der Waals surface area contributed by atoms with Crippen LogP contribution in [0.4, 0.5) is 0 Å². The molecule has 1 aromatic rings. The van der Waals surface area contributed by atoms with E-state index in [0.29, 0.717) is 6.54 Å². The van der Waals surface area contributed by atoms with Gasteiger partial charge in [-0.15, -0.1) is 0 Å². The lowest BCUT2D eigenvalue weighted by atomic mass is 9.97. The predicted molar refractivity (Wildman–Crippen MR) is 51.9 cm³/mol. The summed E-state index contributed by atoms with van der Waals surface area (Å²) in [6.07, 6.45) is 0.832. The standard InChI is InChI=1S/C10H15NO2/c1-7(4-5-11)9-3-2-8(12)6-10(9)13/h2-3,6-7,12-13H,4-5,11H2,1H3. The Morgan fingerprint density at radius 1 is 1.38 bits per heavy atom. The monoisotopic (exact) mass is 181 g/mol. The van der Waals surface area contributed by atoms with Crippen LogP contribution in [0.15, 0.2) is 18.2 Å². The lowest BCUT2D eigenvalue weighted by Gasteiger charge is -2.12. The molecule has 13 heavy (non-hydrogen) atoms. The first-order valence-electron chi connectivity index (χ1n) is 4.37. The zero-order valence-corrected chi connectivity index (χ0v) is 7.70. The zero-order valence-electron chi connectivity index (χ0n) is 7.70. The first-order chi connectivity index (χ1) is 6.15. The maximum Gasteiger partial charge on any atom is 0.122 e. The van der Waals surface area contributed by atoms with Crippen molar-refractivity contribution in [3.05, 3.63) is 23.8 Å². The van der Waals surface area contributed by atoms with Gasteiger partial charge in [0.25, 0.3) is 0 Å². The number of phenolic OH excluding ortho intramolecular Hbond substituents is 2. The molecule has 1 aromatic carbocycles. The van der Waals surface area contributed by atoms with Gasteiger partial charge in [0, 0.05) is 6.07 Å². The first-order valence-corrected chi connectivity index (χ1v) is 4.37. The SMILES string of the molecule is CC(CCN)c1ccc(O)cc1O. The van der Waals surface area contributed by atoms with Crippen molar-refractivity contribution >= 4 is 0 Å². The topological polar surface area (TPSA) is 66.5 Å². The van der Waals surface area contributed by atoms with Crippen molar-refractivity contribution in [2.75, 3.05) is 6.54 Å². The maximum absolute atomic E-state index is 9.49. The second kappa shape index (κ2) is 4.14. The summed E-state index contributed by atoms with van der Waals surface area (Å²) in [6, 6.07) is 4.65. The normalized spacial score (nSPS) is 12.8. The Bertz CT molecular complexity index is 286. The highest BCUT2D eigenvalue weighted by molar-refractivity contribution is 5.40. The van der Waals surface area contributed by atoms with E-state index in [1.54, 1.807) is 12.1 Å². The quantitative estimate of drug-likeness (QED) is 0.662. The molecule has 3 heteroatoms. The summed E-state index contributed by atoms with van der Waals surface area (Å²) in [5.74, 6) is 0.452. The number of rotatable bonds is 3. The Morgan fingerprint density at radius 2 is 2.08 bits per heavy atom. The zero-order chi connectivity index (χ0) is 9.84. The van der Waals surface area contributed by atoms with Gasteiger partial charge in [-0.25, -0.2) is 0 Å². The van der Waals surface area contributed by atoms with Gasteiger partial charge in [-0.05, 0) is 30.5 Å². The van der Waals surface area contributed by atoms with Crippen molar-refractivity contribution in [2.24, 2.45) is 5.73 Å². The smallest absolute Gasteiger partial charge is 0.122 e. The number of hydrogen-bond acceptors (Lipinski definition) is 3. The Balaban J connectivity index is 2.88. The third kappa shape index (κ3) is 2.36. The lowest BCUT2D eigenvalue weighted by molar-refractivity contribution is 0.441. The van der Waals surface area contributed by atoms with E-state index < -0.39 is 0 Å². The molecule has 1 rings (SSSR count). The van der Waals surface area contributed by atoms with Gasteiger partial charge in [-0.3, -0.25) is 0 Å². The van der Waals surface area contributed by atoms with Crippen LogP contribution in [-0.4, -0.2) is 16.8 Å². The maximum atomic E-state index is 9.49. The number of aromatic hydroxyl groups is 2. The van der Waals surface area contributed by atoms with Crippen LogP contribution in [0, 0.1) is 0 Å². The molecule has 1 atom stereocenters. The van der Waals surface area contributed by atoms with Crippen molar-refractivity contribution in [1.29, 1.82) is 0 Å². The largest absolute Gasteiger partial charge is 0.508 e. The molecule has 4 N–H and O–H groups in total. The average molecular weight is 181 g/mol. The van der Waals surface area contributed by atoms with Crippen molar-refractivity contribution in [2.45, 2.75) is 19.3 Å². The van der Waals surface area contributed by atoms with Gasteiger partial charge >= 0.3 is 0 Å². The van der Waals surface area contributed by atoms with Crippen molar-refractivity contribution in [3.63, 3.8) is 0 Å². The van der Waals surface area contributed by atoms with Gasteiger partial charge in [-0.1, -0.05) is 13.0 Å². The van der Waals surface area contributed by atoms with Crippen LogP contribution in [-0.2, 0) is 0 Å². The van der Waals surface area contributed by atoms with Gasteiger partial charge in [-0.2, -0.15) is 0 Å². The minimum atomic E-state index is 0.0844. The van der Waals surface area contributed by atoms with E-state index in [1.165, 1.54) is 6.07 Å². The first kappa shape index (κ1) is 9.86. The minimum Gasteiger partial charge on any atom is -0.508 e. The summed E-state index contributed by atoms with van der Waals surface area (Å²) in [4.78, 5) is 0. The van der Waals surface area contributed by atoms with Crippen LogP contribution in [0.25, 0.3) is 0 Å². The van der Waals surface area contributed by atoms with Gasteiger partial charge in [0.1, 0.15) is 11.5 Å². The molecule has 0 saturated carbocycles. The Morgan fingerprint density at radius 3 is 2.62 bits per heavy atom. The molecule has 0 fully saturated rings. The van der Waals surface area contributed by atoms with Gasteiger partial charge in [0.2, 0.25) is 0 Å². The molecule has 0 aliphatic heterocycles. The van der Waals surface area contributed by atoms with Crippen molar-refractivity contribution < 1.29 is 10.2 Å². The molecule has 0 spiro atoms. The van der Waals surface area contributed by atoms with E-state index in [-0.39, 0.29) is 17.4 Å². The molecule has 0 bridgehead atoms. The fraction of sp³-hybridized carbons (Fsp3) is 0.400. The number of phenols is 2. The lowest BCUT2D eigenvalue weighted by Crippen LogP contribution is -2.04. The molecule has 0 aromatic heterocycles. The molecule has 1 unspecified atom stereocenters. The van der Waals surface area contributed by atoms with Gasteiger partial charge in [0.15, 0.2) is 0 Å². The molecule has 0 saturated heterocycles. The van der Waals surface area contributed by atoms with Crippen LogP contribution < -0.4 is 5.73 Å². The van der Waals surface area contributed by atoms with Crippen molar-refractivity contribution in [3.8, 4) is 11.5 Å².